The maximum atomic E-state index is 13.5. The molecule has 158 valence electrons. The van der Waals surface area contributed by atoms with Gasteiger partial charge in [-0.2, -0.15) is 5.26 Å². The minimum Gasteiger partial charge on any atom is -0.488 e. The van der Waals surface area contributed by atoms with Crippen LogP contribution in [-0.4, -0.2) is 31.5 Å². The highest BCUT2D eigenvalue weighted by Gasteiger charge is 2.39. The molecule has 0 aliphatic carbocycles. The van der Waals surface area contributed by atoms with Gasteiger partial charge in [0.2, 0.25) is 10.0 Å². The fraction of sp³-hybridized carbons (Fsp3) is 0.300. The summed E-state index contributed by atoms with van der Waals surface area (Å²) in [4.78, 5) is 12.7. The Labute approximate surface area is 174 Å². The van der Waals surface area contributed by atoms with Crippen molar-refractivity contribution in [3.63, 3.8) is 0 Å². The molecule has 2 heterocycles. The summed E-state index contributed by atoms with van der Waals surface area (Å²) in [7, 11) is -2.45. The van der Waals surface area contributed by atoms with Crippen molar-refractivity contribution >= 4 is 21.6 Å². The number of nitrogens with one attached hydrogen (secondary N) is 2. The maximum Gasteiger partial charge on any atom is 0.276 e. The Bertz CT molecular complexity index is 1180. The lowest BCUT2D eigenvalue weighted by atomic mass is 9.86. The molecule has 0 saturated heterocycles. The Morgan fingerprint density at radius 1 is 1.50 bits per heavy atom. The van der Waals surface area contributed by atoms with Crippen LogP contribution in [0.1, 0.15) is 29.9 Å². The molecule has 2 N–H and O–H groups in total. The van der Waals surface area contributed by atoms with Crippen molar-refractivity contribution in [2.45, 2.75) is 24.8 Å². The van der Waals surface area contributed by atoms with Gasteiger partial charge in [-0.3, -0.25) is 4.79 Å². The van der Waals surface area contributed by atoms with Crippen LogP contribution in [0.4, 0.5) is 10.1 Å². The number of fused-ring (bicyclic) bond motifs is 1. The molecule has 1 aromatic carbocycles. The lowest BCUT2D eigenvalue weighted by molar-refractivity contribution is 0.101. The average Bonchev–Trinajstić information content (AvgIpc) is 2.97. The molecule has 0 fully saturated rings. The van der Waals surface area contributed by atoms with Gasteiger partial charge in [0.1, 0.15) is 23.4 Å². The van der Waals surface area contributed by atoms with Gasteiger partial charge in [-0.05, 0) is 18.2 Å². The van der Waals surface area contributed by atoms with E-state index in [1.807, 2.05) is 13.8 Å². The van der Waals surface area contributed by atoms with Crippen LogP contribution in [0.2, 0.25) is 0 Å². The summed E-state index contributed by atoms with van der Waals surface area (Å²) in [5.74, 6) is -1.45. The first-order valence-corrected chi connectivity index (χ1v) is 10.5. The Hall–Kier alpha value is -3.16. The zero-order chi connectivity index (χ0) is 22.3. The van der Waals surface area contributed by atoms with Gasteiger partial charge in [-0.25, -0.2) is 17.5 Å². The van der Waals surface area contributed by atoms with Crippen LogP contribution >= 0.6 is 0 Å². The zero-order valence-corrected chi connectivity index (χ0v) is 17.5. The lowest BCUT2D eigenvalue weighted by Gasteiger charge is -2.30. The summed E-state index contributed by atoms with van der Waals surface area (Å²) in [5.41, 5.74) is -0.650. The number of rotatable bonds is 4. The van der Waals surface area contributed by atoms with E-state index in [2.05, 4.69) is 16.6 Å². The van der Waals surface area contributed by atoms with Gasteiger partial charge in [0.15, 0.2) is 11.4 Å². The van der Waals surface area contributed by atoms with Gasteiger partial charge in [0.05, 0.1) is 11.6 Å². The average molecular weight is 432 g/mol. The molecule has 1 aliphatic heterocycles. The Morgan fingerprint density at radius 2 is 2.20 bits per heavy atom. The smallest absolute Gasteiger partial charge is 0.276 e. The van der Waals surface area contributed by atoms with Crippen LogP contribution < -0.4 is 14.8 Å². The number of ether oxygens (including phenoxy) is 1. The molecule has 1 atom stereocenters. The highest BCUT2D eigenvalue weighted by atomic mass is 32.2. The van der Waals surface area contributed by atoms with Crippen molar-refractivity contribution in [2.75, 3.05) is 11.9 Å². The number of amides is 1. The molecule has 3 rings (SSSR count). The third kappa shape index (κ3) is 3.81. The molecule has 1 unspecified atom stereocenters. The van der Waals surface area contributed by atoms with Crippen LogP contribution in [0.15, 0.2) is 41.9 Å². The maximum absolute atomic E-state index is 13.5. The Kier molecular flexibility index (Phi) is 5.45. The number of carbonyl (C=O) groups excluding carboxylic acids is 1. The predicted molar refractivity (Wildman–Crippen MR) is 108 cm³/mol. The van der Waals surface area contributed by atoms with Crippen molar-refractivity contribution in [3.05, 3.63) is 54.1 Å². The summed E-state index contributed by atoms with van der Waals surface area (Å²) in [5, 5.41) is 11.5. The number of aryl methyl sites for hydroxylation is 1. The van der Waals surface area contributed by atoms with Crippen LogP contribution in [0, 0.1) is 22.6 Å². The van der Waals surface area contributed by atoms with E-state index in [0.717, 1.165) is 6.07 Å². The standard InChI is InChI=1S/C20H21FN4O4S/c1-5-20(2,3)16-11-29-18-15(30(27,28)24-16)10-25(4)17(18)19(26)23-13-6-7-14(21)12(8-13)9-22/h5-8,10,16,24H,1,11H2,2-4H3,(H,23,26). The normalized spacial score (nSPS) is 17.8. The van der Waals surface area contributed by atoms with E-state index < -0.39 is 33.2 Å². The number of aromatic nitrogens is 1. The van der Waals surface area contributed by atoms with Crippen molar-refractivity contribution in [3.8, 4) is 11.8 Å². The predicted octanol–water partition coefficient (Wildman–Crippen LogP) is 2.54. The molecule has 0 spiro atoms. The van der Waals surface area contributed by atoms with Crippen LogP contribution in [0.3, 0.4) is 0 Å². The van der Waals surface area contributed by atoms with Gasteiger partial charge < -0.3 is 14.6 Å². The molecule has 1 aliphatic rings. The molecule has 1 amide bonds. The van der Waals surface area contributed by atoms with E-state index in [9.17, 15) is 17.6 Å². The summed E-state index contributed by atoms with van der Waals surface area (Å²) in [6.07, 6.45) is 2.93. The third-order valence-corrected chi connectivity index (χ3v) is 6.53. The fourth-order valence-electron chi connectivity index (χ4n) is 3.01. The molecular formula is C20H21FN4O4S. The largest absolute Gasteiger partial charge is 0.488 e. The van der Waals surface area contributed by atoms with Crippen LogP contribution in [0.5, 0.6) is 5.75 Å². The second-order valence-electron chi connectivity index (χ2n) is 7.55. The minimum absolute atomic E-state index is 0.00925. The van der Waals surface area contributed by atoms with Gasteiger partial charge in [-0.1, -0.05) is 19.9 Å². The molecule has 0 bridgehead atoms. The van der Waals surface area contributed by atoms with Crippen molar-refractivity contribution in [1.29, 1.82) is 5.26 Å². The van der Waals surface area contributed by atoms with Crippen LogP contribution in [-0.2, 0) is 17.1 Å². The number of hydrogen-bond acceptors (Lipinski definition) is 5. The number of carbonyl (C=O) groups is 1. The van der Waals surface area contributed by atoms with E-state index in [0.29, 0.717) is 0 Å². The first-order chi connectivity index (χ1) is 14.0. The molecule has 2 aromatic rings. The van der Waals surface area contributed by atoms with Crippen molar-refractivity contribution in [1.82, 2.24) is 9.29 Å². The number of benzene rings is 1. The van der Waals surface area contributed by atoms with Gasteiger partial charge in [-0.15, -0.1) is 6.58 Å². The van der Waals surface area contributed by atoms with Gasteiger partial charge in [0.25, 0.3) is 5.91 Å². The minimum atomic E-state index is -3.96. The quantitative estimate of drug-likeness (QED) is 0.721. The molecule has 1 aromatic heterocycles. The first-order valence-electron chi connectivity index (χ1n) is 8.99. The molecule has 30 heavy (non-hydrogen) atoms. The number of nitriles is 1. The third-order valence-electron chi connectivity index (χ3n) is 5.07. The topological polar surface area (TPSA) is 113 Å². The van der Waals surface area contributed by atoms with E-state index in [1.54, 1.807) is 12.1 Å². The lowest BCUT2D eigenvalue weighted by Crippen LogP contribution is -2.46. The van der Waals surface area contributed by atoms with E-state index in [1.165, 1.54) is 29.9 Å². The van der Waals surface area contributed by atoms with E-state index in [-0.39, 0.29) is 34.2 Å². The van der Waals surface area contributed by atoms with Gasteiger partial charge >= 0.3 is 0 Å². The highest BCUT2D eigenvalue weighted by molar-refractivity contribution is 7.89. The Morgan fingerprint density at radius 3 is 2.83 bits per heavy atom. The molecule has 8 nitrogen and oxygen atoms in total. The zero-order valence-electron chi connectivity index (χ0n) is 16.7. The molecule has 0 saturated carbocycles. The van der Waals surface area contributed by atoms with Crippen LogP contribution in [0.25, 0.3) is 0 Å². The molecule has 0 radical (unpaired) electrons. The highest BCUT2D eigenvalue weighted by Crippen LogP contribution is 2.35. The van der Waals surface area contributed by atoms with Crippen molar-refractivity contribution in [2.24, 2.45) is 12.5 Å². The summed E-state index contributed by atoms with van der Waals surface area (Å²) in [6, 6.07) is 4.66. The number of anilines is 1. The van der Waals surface area contributed by atoms with Crippen molar-refractivity contribution < 1.29 is 22.3 Å². The first kappa shape index (κ1) is 21.5. The number of halogens is 1. The molecular weight excluding hydrogens is 411 g/mol. The number of nitrogens with zero attached hydrogens (tertiary/aromatic N) is 2. The summed E-state index contributed by atoms with van der Waals surface area (Å²) < 4.78 is 49.0. The summed E-state index contributed by atoms with van der Waals surface area (Å²) >= 11 is 0. The SMILES string of the molecule is C=CC(C)(C)C1COc2c(cn(C)c2C(=O)Nc2ccc(F)c(C#N)c2)S(=O)(=O)N1. The van der Waals surface area contributed by atoms with E-state index in [4.69, 9.17) is 10.00 Å². The summed E-state index contributed by atoms with van der Waals surface area (Å²) in [6.45, 7) is 7.37. The number of hydrogen-bond donors (Lipinski definition) is 2. The Balaban J connectivity index is 1.99. The second-order valence-corrected chi connectivity index (χ2v) is 9.24. The second kappa shape index (κ2) is 7.59. The monoisotopic (exact) mass is 432 g/mol. The number of sulfonamides is 1. The molecule has 10 heteroatoms. The van der Waals surface area contributed by atoms with Gasteiger partial charge in [0, 0.05) is 24.3 Å². The fourth-order valence-corrected chi connectivity index (χ4v) is 4.58. The van der Waals surface area contributed by atoms with E-state index >= 15 is 0 Å².